The van der Waals surface area contributed by atoms with Crippen molar-refractivity contribution in [1.82, 2.24) is 9.80 Å². The second-order valence-corrected chi connectivity index (χ2v) is 10.9. The third-order valence-electron chi connectivity index (χ3n) is 7.21. The van der Waals surface area contributed by atoms with E-state index in [-0.39, 0.29) is 37.1 Å². The van der Waals surface area contributed by atoms with Crippen LogP contribution in [0.25, 0.3) is 6.08 Å². The minimum atomic E-state index is -1.35. The Hall–Kier alpha value is -3.11. The summed E-state index contributed by atoms with van der Waals surface area (Å²) in [7, 11) is 1.38. The molecular weight excluding hydrogens is 527 g/mol. The number of carbonyl (C=O) groups is 2. The predicted molar refractivity (Wildman–Crippen MR) is 156 cm³/mol. The van der Waals surface area contributed by atoms with Gasteiger partial charge in [0.1, 0.15) is 24.1 Å². The smallest absolute Gasteiger partial charge is 0.256 e. The summed E-state index contributed by atoms with van der Waals surface area (Å²) in [6.07, 6.45) is 1.61. The van der Waals surface area contributed by atoms with Crippen LogP contribution >= 0.6 is 0 Å². The van der Waals surface area contributed by atoms with Gasteiger partial charge in [-0.15, -0.1) is 0 Å². The first kappa shape index (κ1) is 32.4. The Morgan fingerprint density at radius 1 is 1.07 bits per heavy atom. The molecule has 0 spiro atoms. The lowest BCUT2D eigenvalue weighted by molar-refractivity contribution is -0.130. The van der Waals surface area contributed by atoms with Crippen molar-refractivity contribution in [2.24, 2.45) is 5.92 Å². The summed E-state index contributed by atoms with van der Waals surface area (Å²) in [6.45, 7) is 4.73. The number of nitrogens with zero attached hydrogens (tertiary/aromatic N) is 2. The molecule has 2 N–H and O–H groups in total. The van der Waals surface area contributed by atoms with Crippen LogP contribution in [0.15, 0.2) is 60.7 Å². The van der Waals surface area contributed by atoms with Gasteiger partial charge in [0.25, 0.3) is 5.91 Å². The molecule has 41 heavy (non-hydrogen) atoms. The Kier molecular flexibility index (Phi) is 12.9. The van der Waals surface area contributed by atoms with Crippen LogP contribution in [0.3, 0.4) is 0 Å². The quantitative estimate of drug-likeness (QED) is 0.513. The van der Waals surface area contributed by atoms with Gasteiger partial charge in [0, 0.05) is 45.5 Å². The third kappa shape index (κ3) is 9.74. The van der Waals surface area contributed by atoms with Gasteiger partial charge in [-0.05, 0) is 49.0 Å². The SMILES string of the molecule is CO[C@@H]1CN(C(=O)c2ccccc2F)C[C@@H](CC(C)C)N(C(=O)/C=C/c2ccccc2)CCCCOC[C@@H](O)[C@H]1O. The molecule has 2 amide bonds. The van der Waals surface area contributed by atoms with Crippen LogP contribution in [0.2, 0.25) is 0 Å². The van der Waals surface area contributed by atoms with Gasteiger partial charge >= 0.3 is 0 Å². The van der Waals surface area contributed by atoms with Crippen LogP contribution in [0, 0.1) is 11.7 Å². The molecule has 0 radical (unpaired) electrons. The fourth-order valence-electron chi connectivity index (χ4n) is 5.02. The van der Waals surface area contributed by atoms with Crippen LogP contribution in [0.1, 0.15) is 49.0 Å². The molecule has 2 aromatic rings. The van der Waals surface area contributed by atoms with E-state index in [0.29, 0.717) is 32.4 Å². The van der Waals surface area contributed by atoms with E-state index in [2.05, 4.69) is 0 Å². The van der Waals surface area contributed by atoms with E-state index in [1.807, 2.05) is 44.2 Å². The number of aliphatic hydroxyl groups is 2. The van der Waals surface area contributed by atoms with Gasteiger partial charge < -0.3 is 29.5 Å². The highest BCUT2D eigenvalue weighted by atomic mass is 19.1. The van der Waals surface area contributed by atoms with Crippen LogP contribution in [0.5, 0.6) is 0 Å². The largest absolute Gasteiger partial charge is 0.388 e. The molecular formula is C32H43FN2O6. The fraction of sp³-hybridized carbons (Fsp3) is 0.500. The second-order valence-electron chi connectivity index (χ2n) is 10.9. The van der Waals surface area contributed by atoms with Gasteiger partial charge in [0.2, 0.25) is 5.91 Å². The summed E-state index contributed by atoms with van der Waals surface area (Å²) in [5, 5.41) is 21.4. The number of rotatable bonds is 6. The molecule has 1 heterocycles. The van der Waals surface area contributed by atoms with Crippen molar-refractivity contribution in [3.05, 3.63) is 77.6 Å². The van der Waals surface area contributed by atoms with Crippen molar-refractivity contribution in [3.8, 4) is 0 Å². The van der Waals surface area contributed by atoms with E-state index in [9.17, 15) is 24.2 Å². The van der Waals surface area contributed by atoms with Crippen LogP contribution in [-0.2, 0) is 14.3 Å². The molecule has 9 heteroatoms. The molecule has 0 saturated carbocycles. The van der Waals surface area contributed by atoms with Crippen molar-refractivity contribution in [2.75, 3.05) is 40.0 Å². The van der Waals surface area contributed by atoms with Gasteiger partial charge in [-0.1, -0.05) is 56.3 Å². The van der Waals surface area contributed by atoms with Gasteiger partial charge in [0.05, 0.1) is 12.2 Å². The molecule has 2 aromatic carbocycles. The van der Waals surface area contributed by atoms with E-state index >= 15 is 0 Å². The summed E-state index contributed by atoms with van der Waals surface area (Å²) in [5.74, 6) is -1.26. The zero-order valence-corrected chi connectivity index (χ0v) is 24.2. The Balaban J connectivity index is 2.01. The average molecular weight is 571 g/mol. The number of amides is 2. The lowest BCUT2D eigenvalue weighted by Crippen LogP contribution is -2.53. The number of halogens is 1. The summed E-state index contributed by atoms with van der Waals surface area (Å²) >= 11 is 0. The highest BCUT2D eigenvalue weighted by molar-refractivity contribution is 5.95. The second kappa shape index (κ2) is 16.4. The van der Waals surface area contributed by atoms with E-state index in [1.165, 1.54) is 30.2 Å². The lowest BCUT2D eigenvalue weighted by atomic mass is 9.99. The maximum absolute atomic E-state index is 14.8. The third-order valence-corrected chi connectivity index (χ3v) is 7.21. The Labute approximate surface area is 242 Å². The number of carbonyl (C=O) groups excluding carboxylic acids is 2. The molecule has 0 aliphatic carbocycles. The first-order valence-electron chi connectivity index (χ1n) is 14.3. The van der Waals surface area contributed by atoms with Crippen LogP contribution < -0.4 is 0 Å². The minimum Gasteiger partial charge on any atom is -0.388 e. The molecule has 224 valence electrons. The van der Waals surface area contributed by atoms with Crippen molar-refractivity contribution >= 4 is 17.9 Å². The van der Waals surface area contributed by atoms with E-state index in [0.717, 1.165) is 5.56 Å². The Morgan fingerprint density at radius 3 is 2.46 bits per heavy atom. The molecule has 8 nitrogen and oxygen atoms in total. The summed E-state index contributed by atoms with van der Waals surface area (Å²) < 4.78 is 25.9. The number of ether oxygens (including phenoxy) is 2. The normalized spacial score (nSPS) is 23.5. The number of benzene rings is 2. The minimum absolute atomic E-state index is 0.0927. The van der Waals surface area contributed by atoms with Crippen molar-refractivity contribution in [1.29, 1.82) is 0 Å². The summed E-state index contributed by atoms with van der Waals surface area (Å²) in [5.41, 5.74) is 0.774. The van der Waals surface area contributed by atoms with Gasteiger partial charge in [-0.2, -0.15) is 0 Å². The molecule has 0 bridgehead atoms. The molecule has 3 rings (SSSR count). The molecule has 1 saturated heterocycles. The standard InChI is InChI=1S/C32H43FN2O6/c1-23(2)19-25-20-34(32(39)26-13-7-8-14-27(26)33)21-29(40-3)31(38)28(36)22-41-18-10-9-17-35(25)30(37)16-15-24-11-5-4-6-12-24/h4-8,11-16,23,25,28-29,31,36,38H,9-10,17-22H2,1-3H3/b16-15+/t25-,28-,29-,31-/m1/s1. The fourth-order valence-corrected chi connectivity index (χ4v) is 5.02. The maximum Gasteiger partial charge on any atom is 0.256 e. The zero-order chi connectivity index (χ0) is 29.8. The van der Waals surface area contributed by atoms with Crippen molar-refractivity contribution < 1.29 is 33.7 Å². The molecule has 0 aromatic heterocycles. The number of hydrogen-bond donors (Lipinski definition) is 2. The highest BCUT2D eigenvalue weighted by Gasteiger charge is 2.34. The van der Waals surface area contributed by atoms with Crippen LogP contribution in [0.4, 0.5) is 4.39 Å². The predicted octanol–water partition coefficient (Wildman–Crippen LogP) is 3.77. The van der Waals surface area contributed by atoms with E-state index in [1.54, 1.807) is 23.1 Å². The summed E-state index contributed by atoms with van der Waals surface area (Å²) in [6, 6.07) is 14.9. The monoisotopic (exact) mass is 570 g/mol. The van der Waals surface area contributed by atoms with Crippen LogP contribution in [-0.4, -0.2) is 96.1 Å². The van der Waals surface area contributed by atoms with Gasteiger partial charge in [0.15, 0.2) is 0 Å². The van der Waals surface area contributed by atoms with Gasteiger partial charge in [-0.3, -0.25) is 9.59 Å². The maximum atomic E-state index is 14.8. The van der Waals surface area contributed by atoms with E-state index < -0.39 is 36.1 Å². The molecule has 4 atom stereocenters. The highest BCUT2D eigenvalue weighted by Crippen LogP contribution is 2.20. The first-order valence-corrected chi connectivity index (χ1v) is 14.3. The Bertz CT molecular complexity index is 1130. The number of aliphatic hydroxyl groups excluding tert-OH is 2. The lowest BCUT2D eigenvalue weighted by Gasteiger charge is -2.38. The Morgan fingerprint density at radius 2 is 1.78 bits per heavy atom. The first-order chi connectivity index (χ1) is 19.7. The van der Waals surface area contributed by atoms with Crippen molar-refractivity contribution in [3.63, 3.8) is 0 Å². The molecule has 1 aliphatic heterocycles. The van der Waals surface area contributed by atoms with Crippen molar-refractivity contribution in [2.45, 2.75) is 57.5 Å². The summed E-state index contributed by atoms with van der Waals surface area (Å²) in [4.78, 5) is 30.6. The zero-order valence-electron chi connectivity index (χ0n) is 24.2. The molecule has 0 unspecified atom stereocenters. The number of hydrogen-bond acceptors (Lipinski definition) is 6. The number of methoxy groups -OCH3 is 1. The average Bonchev–Trinajstić information content (AvgIpc) is 2.96. The topological polar surface area (TPSA) is 99.5 Å². The van der Waals surface area contributed by atoms with Gasteiger partial charge in [-0.25, -0.2) is 4.39 Å². The molecule has 1 aliphatic rings. The molecule has 1 fully saturated rings. The van der Waals surface area contributed by atoms with E-state index in [4.69, 9.17) is 9.47 Å².